The van der Waals surface area contributed by atoms with Gasteiger partial charge in [0.15, 0.2) is 5.82 Å². The van der Waals surface area contributed by atoms with Crippen LogP contribution in [0.3, 0.4) is 0 Å². The molecular formula is C13H21N3O. The minimum absolute atomic E-state index is 0.100. The van der Waals surface area contributed by atoms with Crippen molar-refractivity contribution in [1.29, 1.82) is 0 Å². The molecule has 94 valence electrons. The zero-order chi connectivity index (χ0) is 12.1. The number of carbonyl (C=O) groups is 1. The predicted molar refractivity (Wildman–Crippen MR) is 67.8 cm³/mol. The van der Waals surface area contributed by atoms with Gasteiger partial charge in [-0.3, -0.25) is 9.89 Å². The normalized spacial score (nSPS) is 17.7. The van der Waals surface area contributed by atoms with Gasteiger partial charge >= 0.3 is 0 Å². The first kappa shape index (κ1) is 12.1. The third kappa shape index (κ3) is 3.88. The molecule has 0 atom stereocenters. The van der Waals surface area contributed by atoms with E-state index in [0.717, 1.165) is 5.69 Å². The lowest BCUT2D eigenvalue weighted by atomic mass is 9.96. The molecule has 0 unspecified atom stereocenters. The first-order chi connectivity index (χ1) is 8.24. The Morgan fingerprint density at radius 3 is 2.71 bits per heavy atom. The summed E-state index contributed by atoms with van der Waals surface area (Å²) < 4.78 is 0. The van der Waals surface area contributed by atoms with Gasteiger partial charge in [0.25, 0.3) is 0 Å². The van der Waals surface area contributed by atoms with Crippen LogP contribution in [0.25, 0.3) is 0 Å². The van der Waals surface area contributed by atoms with Crippen LogP contribution in [0, 0.1) is 12.8 Å². The number of aryl methyl sites for hydroxylation is 1. The van der Waals surface area contributed by atoms with E-state index in [2.05, 4.69) is 15.5 Å². The second-order valence-electron chi connectivity index (χ2n) is 5.05. The Hall–Kier alpha value is -1.32. The van der Waals surface area contributed by atoms with Crippen molar-refractivity contribution >= 4 is 11.7 Å². The van der Waals surface area contributed by atoms with Crippen LogP contribution in [0.5, 0.6) is 0 Å². The fourth-order valence-electron chi connectivity index (χ4n) is 2.51. The Morgan fingerprint density at radius 2 is 2.12 bits per heavy atom. The third-order valence-corrected chi connectivity index (χ3v) is 3.42. The molecule has 1 aliphatic rings. The van der Waals surface area contributed by atoms with Crippen molar-refractivity contribution in [2.45, 2.75) is 51.9 Å². The number of hydrogen-bond acceptors (Lipinski definition) is 2. The molecule has 1 fully saturated rings. The van der Waals surface area contributed by atoms with Crippen molar-refractivity contribution in [3.05, 3.63) is 11.8 Å². The second-order valence-corrected chi connectivity index (χ2v) is 5.05. The molecule has 0 spiro atoms. The van der Waals surface area contributed by atoms with Crippen LogP contribution in [0.1, 0.15) is 50.6 Å². The number of hydrogen-bond donors (Lipinski definition) is 2. The molecule has 1 saturated carbocycles. The Bertz CT molecular complexity index is 364. The fraction of sp³-hybridized carbons (Fsp3) is 0.692. The molecule has 4 heteroatoms. The quantitative estimate of drug-likeness (QED) is 0.791. The number of H-pyrrole nitrogens is 1. The van der Waals surface area contributed by atoms with Crippen molar-refractivity contribution in [2.75, 3.05) is 5.32 Å². The van der Waals surface area contributed by atoms with Crippen molar-refractivity contribution in [2.24, 2.45) is 5.92 Å². The Kier molecular flexibility index (Phi) is 4.18. The van der Waals surface area contributed by atoms with Gasteiger partial charge in [-0.1, -0.05) is 25.7 Å². The summed E-state index contributed by atoms with van der Waals surface area (Å²) in [6, 6.07) is 1.85. The fourth-order valence-corrected chi connectivity index (χ4v) is 2.51. The molecule has 1 aromatic heterocycles. The lowest BCUT2D eigenvalue weighted by molar-refractivity contribution is -0.117. The summed E-state index contributed by atoms with van der Waals surface area (Å²) in [5, 5.41) is 9.68. The topological polar surface area (TPSA) is 57.8 Å². The van der Waals surface area contributed by atoms with Gasteiger partial charge in [-0.25, -0.2) is 0 Å². The van der Waals surface area contributed by atoms with E-state index in [1.54, 1.807) is 0 Å². The minimum Gasteiger partial charge on any atom is -0.309 e. The molecule has 1 heterocycles. The molecule has 1 aromatic rings. The van der Waals surface area contributed by atoms with Gasteiger partial charge in [0.1, 0.15) is 0 Å². The summed E-state index contributed by atoms with van der Waals surface area (Å²) in [7, 11) is 0. The molecule has 0 aliphatic heterocycles. The first-order valence-corrected chi connectivity index (χ1v) is 6.56. The molecule has 0 radical (unpaired) electrons. The van der Waals surface area contributed by atoms with Gasteiger partial charge in [-0.05, 0) is 25.7 Å². The molecule has 0 bridgehead atoms. The number of amides is 1. The average molecular weight is 235 g/mol. The van der Waals surface area contributed by atoms with Gasteiger partial charge in [-0.15, -0.1) is 0 Å². The van der Waals surface area contributed by atoms with Crippen LogP contribution in [-0.4, -0.2) is 16.1 Å². The van der Waals surface area contributed by atoms with Crippen molar-refractivity contribution in [1.82, 2.24) is 10.2 Å². The number of aromatic amines is 1. The van der Waals surface area contributed by atoms with Crippen molar-refractivity contribution in [3.8, 4) is 0 Å². The van der Waals surface area contributed by atoms with E-state index in [1.807, 2.05) is 13.0 Å². The van der Waals surface area contributed by atoms with Crippen LogP contribution in [-0.2, 0) is 4.79 Å². The van der Waals surface area contributed by atoms with E-state index in [-0.39, 0.29) is 5.91 Å². The molecule has 0 saturated heterocycles. The number of anilines is 1. The Morgan fingerprint density at radius 1 is 1.41 bits per heavy atom. The highest BCUT2D eigenvalue weighted by Crippen LogP contribution is 2.25. The van der Waals surface area contributed by atoms with Crippen molar-refractivity contribution in [3.63, 3.8) is 0 Å². The van der Waals surface area contributed by atoms with Crippen molar-refractivity contribution < 1.29 is 4.79 Å². The smallest absolute Gasteiger partial charge is 0.225 e. The molecule has 2 rings (SSSR count). The maximum absolute atomic E-state index is 11.8. The zero-order valence-electron chi connectivity index (χ0n) is 10.5. The largest absolute Gasteiger partial charge is 0.309 e. The summed E-state index contributed by atoms with van der Waals surface area (Å²) >= 11 is 0. The second kappa shape index (κ2) is 5.84. The number of rotatable bonds is 3. The summed E-state index contributed by atoms with van der Waals surface area (Å²) in [6.07, 6.45) is 8.26. The monoisotopic (exact) mass is 235 g/mol. The number of nitrogens with zero attached hydrogens (tertiary/aromatic N) is 1. The van der Waals surface area contributed by atoms with Crippen LogP contribution in [0.2, 0.25) is 0 Å². The molecule has 1 amide bonds. The van der Waals surface area contributed by atoms with E-state index in [0.29, 0.717) is 18.2 Å². The first-order valence-electron chi connectivity index (χ1n) is 6.56. The minimum atomic E-state index is 0.100. The van der Waals surface area contributed by atoms with E-state index in [4.69, 9.17) is 0 Å². The van der Waals surface area contributed by atoms with E-state index < -0.39 is 0 Å². The van der Waals surface area contributed by atoms with Crippen LogP contribution < -0.4 is 5.32 Å². The van der Waals surface area contributed by atoms with E-state index >= 15 is 0 Å². The molecule has 4 nitrogen and oxygen atoms in total. The maximum Gasteiger partial charge on any atom is 0.225 e. The van der Waals surface area contributed by atoms with Crippen LogP contribution in [0.4, 0.5) is 5.82 Å². The summed E-state index contributed by atoms with van der Waals surface area (Å²) in [5.74, 6) is 1.31. The summed E-state index contributed by atoms with van der Waals surface area (Å²) in [6.45, 7) is 1.92. The molecule has 17 heavy (non-hydrogen) atoms. The predicted octanol–water partition coefficient (Wildman–Crippen LogP) is 3.02. The van der Waals surface area contributed by atoms with Gasteiger partial charge in [0.2, 0.25) is 5.91 Å². The average Bonchev–Trinajstić information content (AvgIpc) is 2.53. The van der Waals surface area contributed by atoms with E-state index in [9.17, 15) is 4.79 Å². The van der Waals surface area contributed by atoms with Gasteiger partial charge in [-0.2, -0.15) is 5.10 Å². The summed E-state index contributed by atoms with van der Waals surface area (Å²) in [5.41, 5.74) is 0.967. The molecule has 1 aliphatic carbocycles. The molecule has 0 aromatic carbocycles. The SMILES string of the molecule is Cc1cc(NC(=O)CC2CCCCCC2)n[nH]1. The third-order valence-electron chi connectivity index (χ3n) is 3.42. The Labute approximate surface area is 102 Å². The molecule has 2 N–H and O–H groups in total. The molecular weight excluding hydrogens is 214 g/mol. The maximum atomic E-state index is 11.8. The highest BCUT2D eigenvalue weighted by Gasteiger charge is 2.16. The highest BCUT2D eigenvalue weighted by molar-refractivity contribution is 5.89. The number of aromatic nitrogens is 2. The van der Waals surface area contributed by atoms with E-state index in [1.165, 1.54) is 38.5 Å². The standard InChI is InChI=1S/C13H21N3O/c1-10-8-12(16-15-10)14-13(17)9-11-6-4-2-3-5-7-11/h8,11H,2-7,9H2,1H3,(H2,14,15,16,17). The Balaban J connectivity index is 1.80. The highest BCUT2D eigenvalue weighted by atomic mass is 16.1. The van der Waals surface area contributed by atoms with Crippen LogP contribution in [0.15, 0.2) is 6.07 Å². The lowest BCUT2D eigenvalue weighted by Crippen LogP contribution is -2.16. The van der Waals surface area contributed by atoms with Gasteiger partial charge in [0.05, 0.1) is 0 Å². The number of carbonyl (C=O) groups excluding carboxylic acids is 1. The summed E-state index contributed by atoms with van der Waals surface area (Å²) in [4.78, 5) is 11.8. The van der Waals surface area contributed by atoms with Gasteiger partial charge in [0, 0.05) is 18.2 Å². The zero-order valence-corrected chi connectivity index (χ0v) is 10.5. The van der Waals surface area contributed by atoms with Crippen LogP contribution >= 0.6 is 0 Å². The van der Waals surface area contributed by atoms with Gasteiger partial charge < -0.3 is 5.32 Å². The number of nitrogens with one attached hydrogen (secondary N) is 2. The lowest BCUT2D eigenvalue weighted by Gasteiger charge is -2.12.